The normalized spacial score (nSPS) is 12.1. The molecule has 0 fully saturated rings. The van der Waals surface area contributed by atoms with Crippen LogP contribution in [0.5, 0.6) is 0 Å². The van der Waals surface area contributed by atoms with Crippen molar-refractivity contribution in [2.24, 2.45) is 0 Å². The van der Waals surface area contributed by atoms with Gasteiger partial charge in [0.1, 0.15) is 0 Å². The lowest BCUT2D eigenvalue weighted by Crippen LogP contribution is -2.14. The number of rotatable bonds is 3. The molecular weight excluding hydrogens is 355 g/mol. The van der Waals surface area contributed by atoms with Gasteiger partial charge in [0.15, 0.2) is 11.3 Å². The summed E-state index contributed by atoms with van der Waals surface area (Å²) in [5.41, 5.74) is 0.235. The zero-order valence-corrected chi connectivity index (χ0v) is 14.1. The lowest BCUT2D eigenvalue weighted by atomic mass is 10.0. The summed E-state index contributed by atoms with van der Waals surface area (Å²) >= 11 is 5.43. The molecule has 8 heteroatoms. The lowest BCUT2D eigenvalue weighted by Gasteiger charge is -2.12. The quantitative estimate of drug-likeness (QED) is 0.617. The molecule has 25 heavy (non-hydrogen) atoms. The zero-order valence-electron chi connectivity index (χ0n) is 13.3. The van der Waals surface area contributed by atoms with E-state index in [2.05, 4.69) is 10.1 Å². The van der Waals surface area contributed by atoms with Crippen LogP contribution in [0.25, 0.3) is 16.9 Å². The van der Waals surface area contributed by atoms with Crippen molar-refractivity contribution in [1.29, 1.82) is 0 Å². The Morgan fingerprint density at radius 3 is 2.36 bits per heavy atom. The summed E-state index contributed by atoms with van der Waals surface area (Å²) in [4.78, 5) is 15.6. The largest absolute Gasteiger partial charge is 0.433 e. The SMILES string of the molecule is CC(C)c1ccc(-c2cc(C(F)(F)F)n3ncc(C(=O)Cl)c3n2)cc1. The van der Waals surface area contributed by atoms with Gasteiger partial charge in [-0.15, -0.1) is 0 Å². The van der Waals surface area contributed by atoms with Crippen LogP contribution in [-0.2, 0) is 6.18 Å². The van der Waals surface area contributed by atoms with E-state index in [4.69, 9.17) is 11.6 Å². The summed E-state index contributed by atoms with van der Waals surface area (Å²) in [6, 6.07) is 7.99. The molecule has 0 saturated heterocycles. The van der Waals surface area contributed by atoms with Crippen LogP contribution in [-0.4, -0.2) is 19.8 Å². The molecule has 0 aliphatic heterocycles. The van der Waals surface area contributed by atoms with Crippen LogP contribution in [0.1, 0.15) is 41.4 Å². The molecule has 0 atom stereocenters. The van der Waals surface area contributed by atoms with Crippen molar-refractivity contribution in [3.63, 3.8) is 0 Å². The Hall–Kier alpha value is -2.41. The molecule has 0 saturated carbocycles. The van der Waals surface area contributed by atoms with Gasteiger partial charge in [0, 0.05) is 5.56 Å². The Morgan fingerprint density at radius 1 is 1.20 bits per heavy atom. The van der Waals surface area contributed by atoms with E-state index in [1.165, 1.54) is 0 Å². The summed E-state index contributed by atoms with van der Waals surface area (Å²) in [5.74, 6) is 0.297. The Kier molecular flexibility index (Phi) is 4.28. The number of benzene rings is 1. The van der Waals surface area contributed by atoms with Crippen molar-refractivity contribution in [3.05, 3.63) is 53.3 Å². The molecular formula is C17H13ClF3N3O. The summed E-state index contributed by atoms with van der Waals surface area (Å²) in [6.45, 7) is 4.04. The Bertz CT molecular complexity index is 946. The third-order valence-corrected chi connectivity index (χ3v) is 4.05. The van der Waals surface area contributed by atoms with Crippen molar-refractivity contribution >= 4 is 22.5 Å². The van der Waals surface area contributed by atoms with Gasteiger partial charge in [-0.3, -0.25) is 4.79 Å². The molecule has 3 aromatic rings. The van der Waals surface area contributed by atoms with Crippen LogP contribution in [0.2, 0.25) is 0 Å². The van der Waals surface area contributed by atoms with Gasteiger partial charge in [0.05, 0.1) is 17.5 Å². The highest BCUT2D eigenvalue weighted by Crippen LogP contribution is 2.33. The summed E-state index contributed by atoms with van der Waals surface area (Å²) in [5, 5.41) is 2.69. The molecule has 4 nitrogen and oxygen atoms in total. The third kappa shape index (κ3) is 3.24. The van der Waals surface area contributed by atoms with Crippen molar-refractivity contribution in [1.82, 2.24) is 14.6 Å². The van der Waals surface area contributed by atoms with Gasteiger partial charge in [0.2, 0.25) is 0 Å². The fourth-order valence-corrected chi connectivity index (χ4v) is 2.62. The first-order valence-corrected chi connectivity index (χ1v) is 7.82. The topological polar surface area (TPSA) is 47.3 Å². The highest BCUT2D eigenvalue weighted by molar-refractivity contribution is 6.68. The minimum absolute atomic E-state index is 0.0924. The van der Waals surface area contributed by atoms with Crippen molar-refractivity contribution in [2.75, 3.05) is 0 Å². The van der Waals surface area contributed by atoms with Crippen LogP contribution in [0, 0.1) is 0 Å². The van der Waals surface area contributed by atoms with Crippen LogP contribution in [0.15, 0.2) is 36.5 Å². The minimum atomic E-state index is -4.66. The maximum Gasteiger partial charge on any atom is 0.433 e. The Balaban J connectivity index is 2.24. The molecule has 2 aromatic heterocycles. The number of aromatic nitrogens is 3. The fraction of sp³-hybridized carbons (Fsp3) is 0.235. The molecule has 0 aliphatic rings. The number of hydrogen-bond acceptors (Lipinski definition) is 3. The lowest BCUT2D eigenvalue weighted by molar-refractivity contribution is -0.142. The molecule has 1 aromatic carbocycles. The molecule has 0 spiro atoms. The first-order valence-electron chi connectivity index (χ1n) is 7.44. The molecule has 0 bridgehead atoms. The van der Waals surface area contributed by atoms with E-state index < -0.39 is 17.1 Å². The second-order valence-corrected chi connectivity index (χ2v) is 6.21. The van der Waals surface area contributed by atoms with E-state index in [0.29, 0.717) is 16.0 Å². The summed E-state index contributed by atoms with van der Waals surface area (Å²) in [7, 11) is 0. The standard InChI is InChI=1S/C17H13ClF3N3O/c1-9(2)10-3-5-11(6-4-10)13-7-14(17(19,20)21)24-16(23-13)12(8-22-24)15(18)25/h3-9H,1-2H3. The highest BCUT2D eigenvalue weighted by Gasteiger charge is 2.36. The maximum atomic E-state index is 13.4. The molecule has 0 radical (unpaired) electrons. The number of hydrogen-bond donors (Lipinski definition) is 0. The van der Waals surface area contributed by atoms with Crippen LogP contribution >= 0.6 is 11.6 Å². The van der Waals surface area contributed by atoms with Gasteiger partial charge < -0.3 is 0 Å². The van der Waals surface area contributed by atoms with Gasteiger partial charge in [-0.05, 0) is 29.1 Å². The first kappa shape index (κ1) is 17.4. The predicted molar refractivity (Wildman–Crippen MR) is 87.7 cm³/mol. The van der Waals surface area contributed by atoms with Crippen molar-refractivity contribution in [2.45, 2.75) is 25.9 Å². The van der Waals surface area contributed by atoms with E-state index in [1.807, 2.05) is 26.0 Å². The molecule has 130 valence electrons. The molecule has 0 aliphatic carbocycles. The predicted octanol–water partition coefficient (Wildman–Crippen LogP) is 4.92. The van der Waals surface area contributed by atoms with Gasteiger partial charge in [-0.2, -0.15) is 18.3 Å². The smallest absolute Gasteiger partial charge is 0.275 e. The number of carbonyl (C=O) groups is 1. The second-order valence-electron chi connectivity index (χ2n) is 5.87. The van der Waals surface area contributed by atoms with E-state index in [1.54, 1.807) is 12.1 Å². The van der Waals surface area contributed by atoms with Gasteiger partial charge in [-0.25, -0.2) is 9.50 Å². The molecule has 2 heterocycles. The number of fused-ring (bicyclic) bond motifs is 1. The van der Waals surface area contributed by atoms with Crippen LogP contribution in [0.4, 0.5) is 13.2 Å². The van der Waals surface area contributed by atoms with E-state index >= 15 is 0 Å². The van der Waals surface area contributed by atoms with E-state index in [0.717, 1.165) is 17.8 Å². The first-order chi connectivity index (χ1) is 11.7. The van der Waals surface area contributed by atoms with Crippen molar-refractivity contribution in [3.8, 4) is 11.3 Å². The average molecular weight is 368 g/mol. The Morgan fingerprint density at radius 2 is 1.84 bits per heavy atom. The molecule has 0 unspecified atom stereocenters. The molecule has 3 rings (SSSR count). The average Bonchev–Trinajstić information content (AvgIpc) is 2.97. The summed E-state index contributed by atoms with van der Waals surface area (Å²) in [6.07, 6.45) is -3.68. The number of carbonyl (C=O) groups excluding carboxylic acids is 1. The van der Waals surface area contributed by atoms with Crippen LogP contribution in [0.3, 0.4) is 0 Å². The maximum absolute atomic E-state index is 13.4. The minimum Gasteiger partial charge on any atom is -0.275 e. The molecule has 0 amide bonds. The Labute approximate surface area is 146 Å². The fourth-order valence-electron chi connectivity index (χ4n) is 2.49. The van der Waals surface area contributed by atoms with Crippen LogP contribution < -0.4 is 0 Å². The number of nitrogens with zero attached hydrogens (tertiary/aromatic N) is 3. The monoisotopic (exact) mass is 367 g/mol. The second kappa shape index (κ2) is 6.15. The van der Waals surface area contributed by atoms with E-state index in [9.17, 15) is 18.0 Å². The molecule has 0 N–H and O–H groups in total. The van der Waals surface area contributed by atoms with E-state index in [-0.39, 0.29) is 16.9 Å². The number of alkyl halides is 3. The number of halogens is 4. The van der Waals surface area contributed by atoms with Gasteiger partial charge in [-0.1, -0.05) is 38.1 Å². The van der Waals surface area contributed by atoms with Crippen molar-refractivity contribution < 1.29 is 18.0 Å². The third-order valence-electron chi connectivity index (χ3n) is 3.85. The summed E-state index contributed by atoms with van der Waals surface area (Å²) < 4.78 is 40.7. The highest BCUT2D eigenvalue weighted by atomic mass is 35.5. The van der Waals surface area contributed by atoms with Gasteiger partial charge in [0.25, 0.3) is 5.24 Å². The zero-order chi connectivity index (χ0) is 18.4. The van der Waals surface area contributed by atoms with Gasteiger partial charge >= 0.3 is 6.18 Å².